The zero-order valence-electron chi connectivity index (χ0n) is 12.9. The van der Waals surface area contributed by atoms with Crippen molar-refractivity contribution in [1.82, 2.24) is 0 Å². The van der Waals surface area contributed by atoms with Crippen molar-refractivity contribution in [1.29, 1.82) is 0 Å². The first kappa shape index (κ1) is 15.1. The molecule has 0 bridgehead atoms. The summed E-state index contributed by atoms with van der Waals surface area (Å²) in [5.41, 5.74) is 3.59. The van der Waals surface area contributed by atoms with E-state index in [1.807, 2.05) is 42.5 Å². The lowest BCUT2D eigenvalue weighted by atomic mass is 10.1. The number of benzene rings is 2. The summed E-state index contributed by atoms with van der Waals surface area (Å²) in [6, 6.07) is 15.1. The molecule has 1 heterocycles. The molecule has 5 heteroatoms. The first-order chi connectivity index (χ1) is 11.1. The van der Waals surface area contributed by atoms with Crippen LogP contribution in [0.5, 0.6) is 0 Å². The topological polar surface area (TPSA) is 58.6 Å². The minimum Gasteiger partial charge on any atom is -0.444 e. The maximum Gasteiger partial charge on any atom is 0.411 e. The molecule has 1 N–H and O–H groups in total. The van der Waals surface area contributed by atoms with Crippen molar-refractivity contribution in [3.05, 3.63) is 59.7 Å². The predicted molar refractivity (Wildman–Crippen MR) is 88.4 cm³/mol. The van der Waals surface area contributed by atoms with Gasteiger partial charge in [-0.1, -0.05) is 30.3 Å². The van der Waals surface area contributed by atoms with E-state index in [0.29, 0.717) is 12.2 Å². The molecule has 0 aromatic heterocycles. The number of nitrogens with one attached hydrogen (secondary N) is 1. The highest BCUT2D eigenvalue weighted by Gasteiger charge is 2.22. The van der Waals surface area contributed by atoms with Crippen molar-refractivity contribution < 1.29 is 14.3 Å². The van der Waals surface area contributed by atoms with Gasteiger partial charge in [0.05, 0.1) is 0 Å². The van der Waals surface area contributed by atoms with Crippen LogP contribution in [-0.4, -0.2) is 18.5 Å². The van der Waals surface area contributed by atoms with Crippen LogP contribution >= 0.6 is 0 Å². The minimum atomic E-state index is -0.491. The third-order valence-corrected chi connectivity index (χ3v) is 3.81. The number of ether oxygens (including phenoxy) is 1. The van der Waals surface area contributed by atoms with Crippen LogP contribution in [0.25, 0.3) is 0 Å². The van der Waals surface area contributed by atoms with Crippen LogP contribution < -0.4 is 10.2 Å². The number of amides is 2. The molecule has 0 saturated carbocycles. The van der Waals surface area contributed by atoms with E-state index < -0.39 is 6.09 Å². The molecule has 2 aromatic carbocycles. The predicted octanol–water partition coefficient (Wildman–Crippen LogP) is 3.34. The van der Waals surface area contributed by atoms with E-state index in [1.165, 1.54) is 0 Å². The molecule has 1 aliphatic heterocycles. The van der Waals surface area contributed by atoms with E-state index in [4.69, 9.17) is 4.74 Å². The lowest BCUT2D eigenvalue weighted by Gasteiger charge is -2.15. The second-order valence-corrected chi connectivity index (χ2v) is 5.45. The quantitative estimate of drug-likeness (QED) is 0.946. The van der Waals surface area contributed by atoms with Crippen molar-refractivity contribution >= 4 is 23.4 Å². The second-order valence-electron chi connectivity index (χ2n) is 5.45. The Balaban J connectivity index is 1.60. The molecule has 118 valence electrons. The van der Waals surface area contributed by atoms with Gasteiger partial charge in [-0.3, -0.25) is 10.1 Å². The van der Waals surface area contributed by atoms with Gasteiger partial charge in [-0.15, -0.1) is 0 Å². The summed E-state index contributed by atoms with van der Waals surface area (Å²) in [5.74, 6) is 0.0340. The molecule has 5 nitrogen and oxygen atoms in total. The Morgan fingerprint density at radius 2 is 1.96 bits per heavy atom. The van der Waals surface area contributed by atoms with Gasteiger partial charge in [-0.2, -0.15) is 0 Å². The van der Waals surface area contributed by atoms with Gasteiger partial charge >= 0.3 is 6.09 Å². The summed E-state index contributed by atoms with van der Waals surface area (Å²) in [6.45, 7) is 2.48. The number of nitrogens with zero attached hydrogens (tertiary/aromatic N) is 1. The molecule has 0 spiro atoms. The number of hydrogen-bond donors (Lipinski definition) is 1. The Bertz CT molecular complexity index is 728. The Kier molecular flexibility index (Phi) is 4.28. The Hall–Kier alpha value is -2.82. The zero-order chi connectivity index (χ0) is 16.2. The molecule has 0 aliphatic carbocycles. The molecule has 0 saturated heterocycles. The minimum absolute atomic E-state index is 0.0340. The normalized spacial score (nSPS) is 12.7. The molecule has 1 aliphatic rings. The maximum atomic E-state index is 11.9. The number of rotatable bonds is 3. The molecule has 23 heavy (non-hydrogen) atoms. The molecule has 0 unspecified atom stereocenters. The van der Waals surface area contributed by atoms with E-state index in [9.17, 15) is 9.59 Å². The summed E-state index contributed by atoms with van der Waals surface area (Å²) in [5, 5.41) is 2.72. The summed E-state index contributed by atoms with van der Waals surface area (Å²) < 4.78 is 5.20. The Morgan fingerprint density at radius 1 is 1.17 bits per heavy atom. The van der Waals surface area contributed by atoms with Crippen LogP contribution in [0.4, 0.5) is 16.2 Å². The van der Waals surface area contributed by atoms with E-state index in [-0.39, 0.29) is 12.5 Å². The lowest BCUT2D eigenvalue weighted by molar-refractivity contribution is -0.116. The van der Waals surface area contributed by atoms with Crippen LogP contribution in [0, 0.1) is 0 Å². The molecular weight excluding hydrogens is 292 g/mol. The zero-order valence-corrected chi connectivity index (χ0v) is 12.9. The van der Waals surface area contributed by atoms with Crippen molar-refractivity contribution in [3.63, 3.8) is 0 Å². The summed E-state index contributed by atoms with van der Waals surface area (Å²) in [6.07, 6.45) is 0.305. The molecule has 0 fully saturated rings. The van der Waals surface area contributed by atoms with Gasteiger partial charge in [0.1, 0.15) is 6.61 Å². The third kappa shape index (κ3) is 3.51. The van der Waals surface area contributed by atoms with Crippen LogP contribution in [0.2, 0.25) is 0 Å². The highest BCUT2D eigenvalue weighted by molar-refractivity contribution is 5.94. The lowest BCUT2D eigenvalue weighted by Crippen LogP contribution is -2.25. The van der Waals surface area contributed by atoms with Crippen molar-refractivity contribution in [2.75, 3.05) is 16.8 Å². The summed E-state index contributed by atoms with van der Waals surface area (Å²) in [7, 11) is 0. The number of anilines is 2. The number of hydrogen-bond acceptors (Lipinski definition) is 3. The van der Waals surface area contributed by atoms with Crippen LogP contribution in [0.15, 0.2) is 48.5 Å². The van der Waals surface area contributed by atoms with Gasteiger partial charge in [0.2, 0.25) is 5.91 Å². The number of carbonyl (C=O) groups excluding carboxylic acids is 2. The Labute approximate surface area is 134 Å². The second kappa shape index (κ2) is 6.52. The van der Waals surface area contributed by atoms with Gasteiger partial charge in [0.15, 0.2) is 0 Å². The van der Waals surface area contributed by atoms with Gasteiger partial charge in [-0.25, -0.2) is 4.79 Å². The van der Waals surface area contributed by atoms with Crippen molar-refractivity contribution in [2.24, 2.45) is 0 Å². The molecule has 2 aromatic rings. The SMILES string of the molecule is CC(=O)N1CCc2cc(NC(=O)OCc3ccccc3)ccc21. The first-order valence-corrected chi connectivity index (χ1v) is 7.52. The number of carbonyl (C=O) groups is 2. The molecule has 3 rings (SSSR count). The highest BCUT2D eigenvalue weighted by Crippen LogP contribution is 2.30. The Morgan fingerprint density at radius 3 is 2.70 bits per heavy atom. The fraction of sp³-hybridized carbons (Fsp3) is 0.222. The van der Waals surface area contributed by atoms with E-state index in [2.05, 4.69) is 5.32 Å². The van der Waals surface area contributed by atoms with Gasteiger partial charge in [-0.05, 0) is 35.7 Å². The van der Waals surface area contributed by atoms with Gasteiger partial charge in [0, 0.05) is 24.8 Å². The average molecular weight is 310 g/mol. The fourth-order valence-electron chi connectivity index (χ4n) is 2.68. The third-order valence-electron chi connectivity index (χ3n) is 3.81. The fourth-order valence-corrected chi connectivity index (χ4v) is 2.68. The van der Waals surface area contributed by atoms with Crippen LogP contribution in [-0.2, 0) is 22.6 Å². The van der Waals surface area contributed by atoms with E-state index in [1.54, 1.807) is 17.9 Å². The monoisotopic (exact) mass is 310 g/mol. The van der Waals surface area contributed by atoms with E-state index >= 15 is 0 Å². The summed E-state index contributed by atoms with van der Waals surface area (Å²) >= 11 is 0. The molecule has 0 atom stereocenters. The molecule has 0 radical (unpaired) electrons. The molecular formula is C18H18N2O3. The van der Waals surface area contributed by atoms with Crippen LogP contribution in [0.1, 0.15) is 18.1 Å². The smallest absolute Gasteiger partial charge is 0.411 e. The first-order valence-electron chi connectivity index (χ1n) is 7.52. The van der Waals surface area contributed by atoms with Gasteiger partial charge < -0.3 is 9.64 Å². The maximum absolute atomic E-state index is 11.9. The van der Waals surface area contributed by atoms with Crippen molar-refractivity contribution in [2.45, 2.75) is 20.0 Å². The van der Waals surface area contributed by atoms with Crippen molar-refractivity contribution in [3.8, 4) is 0 Å². The standard InChI is InChI=1S/C18H18N2O3/c1-13(21)20-10-9-15-11-16(7-8-17(15)20)19-18(22)23-12-14-5-3-2-4-6-14/h2-8,11H,9-10,12H2,1H3,(H,19,22). The largest absolute Gasteiger partial charge is 0.444 e. The van der Waals surface area contributed by atoms with E-state index in [0.717, 1.165) is 23.2 Å². The number of fused-ring (bicyclic) bond motifs is 1. The highest BCUT2D eigenvalue weighted by atomic mass is 16.5. The molecule has 2 amide bonds. The average Bonchev–Trinajstić information content (AvgIpc) is 2.97. The van der Waals surface area contributed by atoms with Crippen LogP contribution in [0.3, 0.4) is 0 Å². The summed E-state index contributed by atoms with van der Waals surface area (Å²) in [4.78, 5) is 25.1. The van der Waals surface area contributed by atoms with Gasteiger partial charge in [0.25, 0.3) is 0 Å².